The van der Waals surface area contributed by atoms with Crippen LogP contribution in [0, 0.1) is 6.92 Å². The molecule has 2 heterocycles. The Morgan fingerprint density at radius 2 is 1.93 bits per heavy atom. The van der Waals surface area contributed by atoms with Crippen molar-refractivity contribution in [2.45, 2.75) is 26.3 Å². The molecule has 0 saturated heterocycles. The van der Waals surface area contributed by atoms with Crippen molar-refractivity contribution < 1.29 is 14.6 Å². The van der Waals surface area contributed by atoms with E-state index in [1.165, 1.54) is 0 Å². The van der Waals surface area contributed by atoms with Crippen LogP contribution in [0.4, 0.5) is 0 Å². The minimum absolute atomic E-state index is 0.0729. The first kappa shape index (κ1) is 19.2. The number of phenolic OH excluding ortho intramolecular Hbond substituents is 1. The monoisotopic (exact) mass is 391 g/mol. The fourth-order valence-electron chi connectivity index (χ4n) is 3.88. The van der Waals surface area contributed by atoms with Crippen LogP contribution in [0.15, 0.2) is 48.5 Å². The third-order valence-corrected chi connectivity index (χ3v) is 5.31. The molecule has 3 aromatic rings. The number of aromatic amines is 1. The van der Waals surface area contributed by atoms with E-state index < -0.39 is 0 Å². The number of hydrogen-bond acceptors (Lipinski definition) is 4. The SMILES string of the molecule is CCOCCCN1C(=O)c2[nH]nc(-c3ccccc3O)c2[C@@H]1c1ccc(C)cc1. The molecule has 29 heavy (non-hydrogen) atoms. The number of nitrogens with one attached hydrogen (secondary N) is 1. The largest absolute Gasteiger partial charge is 0.507 e. The van der Waals surface area contributed by atoms with Crippen LogP contribution in [-0.2, 0) is 4.74 Å². The van der Waals surface area contributed by atoms with E-state index in [0.29, 0.717) is 36.7 Å². The molecule has 2 N–H and O–H groups in total. The van der Waals surface area contributed by atoms with Crippen molar-refractivity contribution in [2.75, 3.05) is 19.8 Å². The average Bonchev–Trinajstić information content (AvgIpc) is 3.26. The van der Waals surface area contributed by atoms with Crippen molar-refractivity contribution in [1.29, 1.82) is 0 Å². The zero-order valence-corrected chi connectivity index (χ0v) is 16.7. The predicted molar refractivity (Wildman–Crippen MR) is 111 cm³/mol. The van der Waals surface area contributed by atoms with E-state index in [1.54, 1.807) is 12.1 Å². The van der Waals surface area contributed by atoms with Crippen molar-refractivity contribution >= 4 is 5.91 Å². The first-order valence-corrected chi connectivity index (χ1v) is 9.93. The highest BCUT2D eigenvalue weighted by Crippen LogP contribution is 2.44. The van der Waals surface area contributed by atoms with Crippen LogP contribution >= 0.6 is 0 Å². The Balaban J connectivity index is 1.78. The van der Waals surface area contributed by atoms with Crippen LogP contribution in [0.3, 0.4) is 0 Å². The van der Waals surface area contributed by atoms with E-state index in [1.807, 2.05) is 30.9 Å². The number of carbonyl (C=O) groups is 1. The maximum Gasteiger partial charge on any atom is 0.273 e. The standard InChI is InChI=1S/C23H25N3O3/c1-3-29-14-6-13-26-22(16-11-9-15(2)10-12-16)19-20(24-25-21(19)23(26)28)17-7-4-5-8-18(17)27/h4-5,7-12,22,27H,3,6,13-14H2,1-2H3,(H,24,25)/t22-/m0/s1. The maximum absolute atomic E-state index is 13.2. The number of para-hydroxylation sites is 1. The minimum Gasteiger partial charge on any atom is -0.507 e. The molecule has 0 spiro atoms. The Morgan fingerprint density at radius 1 is 1.17 bits per heavy atom. The third kappa shape index (κ3) is 3.51. The summed E-state index contributed by atoms with van der Waals surface area (Å²) in [6.07, 6.45) is 0.756. The molecule has 0 saturated carbocycles. The van der Waals surface area contributed by atoms with Crippen LogP contribution < -0.4 is 0 Å². The topological polar surface area (TPSA) is 78.5 Å². The summed E-state index contributed by atoms with van der Waals surface area (Å²) in [7, 11) is 0. The number of aryl methyl sites for hydroxylation is 1. The number of rotatable bonds is 7. The van der Waals surface area contributed by atoms with Crippen molar-refractivity contribution in [3.8, 4) is 17.0 Å². The second-order valence-corrected chi connectivity index (χ2v) is 7.24. The number of amides is 1. The lowest BCUT2D eigenvalue weighted by Gasteiger charge is -2.26. The molecule has 1 amide bonds. The Hall–Kier alpha value is -3.12. The molecule has 0 bridgehead atoms. The molecule has 0 unspecified atom stereocenters. The summed E-state index contributed by atoms with van der Waals surface area (Å²) in [6.45, 7) is 5.86. The van der Waals surface area contributed by atoms with Gasteiger partial charge in [-0.15, -0.1) is 0 Å². The van der Waals surface area contributed by atoms with E-state index in [0.717, 1.165) is 23.1 Å². The van der Waals surface area contributed by atoms with Gasteiger partial charge in [0.25, 0.3) is 5.91 Å². The van der Waals surface area contributed by atoms with E-state index >= 15 is 0 Å². The lowest BCUT2D eigenvalue weighted by Crippen LogP contribution is -2.31. The highest BCUT2D eigenvalue weighted by Gasteiger charge is 2.42. The van der Waals surface area contributed by atoms with Gasteiger partial charge in [-0.05, 0) is 38.0 Å². The van der Waals surface area contributed by atoms with Gasteiger partial charge in [-0.3, -0.25) is 9.89 Å². The van der Waals surface area contributed by atoms with Gasteiger partial charge in [0.1, 0.15) is 17.1 Å². The average molecular weight is 391 g/mol. The highest BCUT2D eigenvalue weighted by molar-refractivity contribution is 6.00. The van der Waals surface area contributed by atoms with Crippen molar-refractivity contribution in [3.63, 3.8) is 0 Å². The number of aromatic nitrogens is 2. The molecule has 0 radical (unpaired) electrons. The summed E-state index contributed by atoms with van der Waals surface area (Å²) in [6, 6.07) is 15.0. The molecule has 2 aromatic carbocycles. The number of ether oxygens (including phenoxy) is 1. The summed E-state index contributed by atoms with van der Waals surface area (Å²) in [5.41, 5.74) is 4.73. The van der Waals surface area contributed by atoms with Crippen LogP contribution in [-0.4, -0.2) is 45.9 Å². The summed E-state index contributed by atoms with van der Waals surface area (Å²) in [5.74, 6) is 0.0722. The van der Waals surface area contributed by atoms with Gasteiger partial charge in [0, 0.05) is 30.9 Å². The zero-order chi connectivity index (χ0) is 20.4. The molecule has 6 nitrogen and oxygen atoms in total. The van der Waals surface area contributed by atoms with Gasteiger partial charge in [0.05, 0.1) is 6.04 Å². The first-order valence-electron chi connectivity index (χ1n) is 9.93. The smallest absolute Gasteiger partial charge is 0.273 e. The van der Waals surface area contributed by atoms with E-state index in [4.69, 9.17) is 4.74 Å². The Morgan fingerprint density at radius 3 is 2.66 bits per heavy atom. The Labute approximate surface area is 170 Å². The van der Waals surface area contributed by atoms with Crippen LogP contribution in [0.5, 0.6) is 5.75 Å². The molecule has 1 aromatic heterocycles. The number of benzene rings is 2. The molecule has 150 valence electrons. The fourth-order valence-corrected chi connectivity index (χ4v) is 3.88. The maximum atomic E-state index is 13.2. The van der Waals surface area contributed by atoms with Crippen LogP contribution in [0.25, 0.3) is 11.3 Å². The first-order chi connectivity index (χ1) is 14.1. The van der Waals surface area contributed by atoms with Crippen molar-refractivity contribution in [2.24, 2.45) is 0 Å². The van der Waals surface area contributed by atoms with Gasteiger partial charge in [0.15, 0.2) is 0 Å². The normalized spacial score (nSPS) is 15.7. The Bertz CT molecular complexity index is 1010. The Kier molecular flexibility index (Phi) is 5.36. The van der Waals surface area contributed by atoms with E-state index in [-0.39, 0.29) is 17.7 Å². The number of fused-ring (bicyclic) bond motifs is 1. The number of nitrogens with zero attached hydrogens (tertiary/aromatic N) is 2. The third-order valence-electron chi connectivity index (χ3n) is 5.31. The highest BCUT2D eigenvalue weighted by atomic mass is 16.5. The van der Waals surface area contributed by atoms with Crippen molar-refractivity contribution in [1.82, 2.24) is 15.1 Å². The van der Waals surface area contributed by atoms with Gasteiger partial charge >= 0.3 is 0 Å². The number of hydrogen-bond donors (Lipinski definition) is 2. The van der Waals surface area contributed by atoms with Gasteiger partial charge < -0.3 is 14.7 Å². The number of carbonyl (C=O) groups excluding carboxylic acids is 1. The lowest BCUT2D eigenvalue weighted by atomic mass is 9.95. The van der Waals surface area contributed by atoms with Gasteiger partial charge in [0.2, 0.25) is 0 Å². The summed E-state index contributed by atoms with van der Waals surface area (Å²) in [4.78, 5) is 15.1. The second kappa shape index (κ2) is 8.09. The van der Waals surface area contributed by atoms with Gasteiger partial charge in [-0.1, -0.05) is 42.0 Å². The number of H-pyrrole nitrogens is 1. The molecule has 4 rings (SSSR count). The molecule has 1 atom stereocenters. The molecular weight excluding hydrogens is 366 g/mol. The molecule has 1 aliphatic rings. The zero-order valence-electron chi connectivity index (χ0n) is 16.7. The number of phenols is 1. The summed E-state index contributed by atoms with van der Waals surface area (Å²) in [5, 5.41) is 17.7. The van der Waals surface area contributed by atoms with Crippen molar-refractivity contribution in [3.05, 3.63) is 70.9 Å². The van der Waals surface area contributed by atoms with Crippen LogP contribution in [0.1, 0.15) is 46.6 Å². The minimum atomic E-state index is -0.256. The quantitative estimate of drug-likeness (QED) is 0.595. The van der Waals surface area contributed by atoms with E-state index in [2.05, 4.69) is 34.5 Å². The molecule has 0 aliphatic carbocycles. The van der Waals surface area contributed by atoms with Gasteiger partial charge in [-0.2, -0.15) is 5.10 Å². The second-order valence-electron chi connectivity index (χ2n) is 7.24. The van der Waals surface area contributed by atoms with Crippen LogP contribution in [0.2, 0.25) is 0 Å². The van der Waals surface area contributed by atoms with E-state index in [9.17, 15) is 9.90 Å². The van der Waals surface area contributed by atoms with Gasteiger partial charge in [-0.25, -0.2) is 0 Å². The lowest BCUT2D eigenvalue weighted by molar-refractivity contribution is 0.0710. The summed E-state index contributed by atoms with van der Waals surface area (Å²) < 4.78 is 5.46. The fraction of sp³-hybridized carbons (Fsp3) is 0.304. The number of aromatic hydroxyl groups is 1. The molecule has 0 fully saturated rings. The molecular formula is C23H25N3O3. The molecule has 1 aliphatic heterocycles. The summed E-state index contributed by atoms with van der Waals surface area (Å²) >= 11 is 0. The predicted octanol–water partition coefficient (Wildman–Crippen LogP) is 4.06. The molecule has 6 heteroatoms.